The van der Waals surface area contributed by atoms with Crippen molar-refractivity contribution in [3.05, 3.63) is 58.3 Å². The fraction of sp³-hybridized carbons (Fsp3) is 0.421. The number of likely N-dealkylation sites (tertiary alicyclic amines) is 1. The van der Waals surface area contributed by atoms with Crippen molar-refractivity contribution in [1.29, 1.82) is 0 Å². The number of hydrogen-bond acceptors (Lipinski definition) is 4. The number of pyridine rings is 1. The van der Waals surface area contributed by atoms with Crippen molar-refractivity contribution in [1.82, 2.24) is 15.2 Å². The van der Waals surface area contributed by atoms with Gasteiger partial charge in [-0.15, -0.1) is 0 Å². The van der Waals surface area contributed by atoms with E-state index >= 15 is 0 Å². The van der Waals surface area contributed by atoms with Gasteiger partial charge in [0.2, 0.25) is 0 Å². The Morgan fingerprint density at radius 3 is 2.83 bits per heavy atom. The van der Waals surface area contributed by atoms with Crippen LogP contribution in [0.4, 0.5) is 0 Å². The number of nitrogens with one attached hydrogen (secondary N) is 1. The van der Waals surface area contributed by atoms with Crippen molar-refractivity contribution in [2.45, 2.75) is 32.0 Å². The molecule has 2 aromatic rings. The highest BCUT2D eigenvalue weighted by Crippen LogP contribution is 2.24. The van der Waals surface area contributed by atoms with Gasteiger partial charge in [-0.25, -0.2) is 0 Å². The monoisotopic (exact) mass is 389 g/mol. The van der Waals surface area contributed by atoms with Crippen LogP contribution in [0.1, 0.15) is 24.1 Å². The van der Waals surface area contributed by atoms with Crippen LogP contribution in [0, 0.1) is 0 Å². The van der Waals surface area contributed by atoms with Gasteiger partial charge in [-0.3, -0.25) is 4.98 Å². The molecule has 2 heterocycles. The molecule has 5 heteroatoms. The van der Waals surface area contributed by atoms with E-state index in [9.17, 15) is 0 Å². The molecular formula is C19H24BrN3O. The Morgan fingerprint density at radius 2 is 2.08 bits per heavy atom. The van der Waals surface area contributed by atoms with Crippen LogP contribution in [0.5, 0.6) is 5.75 Å². The number of rotatable bonds is 6. The average Bonchev–Trinajstić information content (AvgIpc) is 2.61. The van der Waals surface area contributed by atoms with E-state index in [4.69, 9.17) is 4.74 Å². The Balaban J connectivity index is 1.60. The topological polar surface area (TPSA) is 37.4 Å². The number of aromatic nitrogens is 1. The van der Waals surface area contributed by atoms with Crippen LogP contribution in [0.15, 0.2) is 47.1 Å². The maximum absolute atomic E-state index is 6.00. The number of benzene rings is 1. The first-order valence-electron chi connectivity index (χ1n) is 8.44. The van der Waals surface area contributed by atoms with E-state index in [1.54, 1.807) is 6.20 Å². The van der Waals surface area contributed by atoms with Crippen LogP contribution >= 0.6 is 15.9 Å². The summed E-state index contributed by atoms with van der Waals surface area (Å²) in [5, 5.41) is 3.68. The number of piperidine rings is 1. The Hall–Kier alpha value is -1.43. The van der Waals surface area contributed by atoms with Gasteiger partial charge in [-0.05, 0) is 63.3 Å². The normalized spacial score (nSPS) is 16.2. The molecule has 0 spiro atoms. The molecule has 0 bridgehead atoms. The fourth-order valence-corrected chi connectivity index (χ4v) is 3.34. The van der Waals surface area contributed by atoms with E-state index < -0.39 is 0 Å². The fourth-order valence-electron chi connectivity index (χ4n) is 2.93. The summed E-state index contributed by atoms with van der Waals surface area (Å²) in [4.78, 5) is 6.70. The summed E-state index contributed by atoms with van der Waals surface area (Å²) in [6.45, 7) is 3.65. The lowest BCUT2D eigenvalue weighted by Crippen LogP contribution is -2.40. The Bertz CT molecular complexity index is 642. The maximum Gasteiger partial charge on any atom is 0.130 e. The molecule has 4 nitrogen and oxygen atoms in total. The second kappa shape index (κ2) is 8.60. The zero-order valence-electron chi connectivity index (χ0n) is 14.0. The summed E-state index contributed by atoms with van der Waals surface area (Å²) in [6, 6.07) is 12.6. The molecule has 0 saturated carbocycles. The van der Waals surface area contributed by atoms with Crippen molar-refractivity contribution in [2.75, 3.05) is 20.1 Å². The van der Waals surface area contributed by atoms with Gasteiger partial charge in [0.1, 0.15) is 12.4 Å². The first-order valence-corrected chi connectivity index (χ1v) is 9.23. The third kappa shape index (κ3) is 5.03. The zero-order chi connectivity index (χ0) is 16.8. The molecule has 1 aliphatic rings. The standard InChI is InChI=1S/C19H24BrN3O/c1-23-10-7-17(8-11-23)22-13-15-12-16(20)5-6-19(15)24-14-18-4-2-3-9-21-18/h2-6,9,12,17,22H,7-8,10-11,13-14H2,1H3. The Morgan fingerprint density at radius 1 is 1.25 bits per heavy atom. The molecule has 128 valence electrons. The summed E-state index contributed by atoms with van der Waals surface area (Å²) in [7, 11) is 2.19. The second-order valence-electron chi connectivity index (χ2n) is 6.32. The van der Waals surface area contributed by atoms with Gasteiger partial charge in [0, 0.05) is 28.8 Å². The van der Waals surface area contributed by atoms with Crippen molar-refractivity contribution < 1.29 is 4.74 Å². The maximum atomic E-state index is 6.00. The van der Waals surface area contributed by atoms with Gasteiger partial charge < -0.3 is 15.0 Å². The molecule has 1 saturated heterocycles. The molecule has 1 fully saturated rings. The van der Waals surface area contributed by atoms with Crippen LogP contribution in [0.25, 0.3) is 0 Å². The van der Waals surface area contributed by atoms with E-state index in [1.165, 1.54) is 31.5 Å². The molecular weight excluding hydrogens is 366 g/mol. The van der Waals surface area contributed by atoms with Gasteiger partial charge in [-0.2, -0.15) is 0 Å². The SMILES string of the molecule is CN1CCC(NCc2cc(Br)ccc2OCc2ccccn2)CC1. The summed E-state index contributed by atoms with van der Waals surface area (Å²) in [5.41, 5.74) is 2.12. The summed E-state index contributed by atoms with van der Waals surface area (Å²) in [6.07, 6.45) is 4.20. The van der Waals surface area contributed by atoms with Crippen LogP contribution < -0.4 is 10.1 Å². The van der Waals surface area contributed by atoms with Crippen LogP contribution in [-0.2, 0) is 13.2 Å². The van der Waals surface area contributed by atoms with Crippen LogP contribution in [-0.4, -0.2) is 36.1 Å². The summed E-state index contributed by atoms with van der Waals surface area (Å²) in [5.74, 6) is 0.921. The van der Waals surface area contributed by atoms with Crippen molar-refractivity contribution in [3.63, 3.8) is 0 Å². The minimum Gasteiger partial charge on any atom is -0.487 e. The molecule has 0 radical (unpaired) electrons. The van der Waals surface area contributed by atoms with E-state index in [0.29, 0.717) is 12.6 Å². The number of halogens is 1. The van der Waals surface area contributed by atoms with E-state index in [-0.39, 0.29) is 0 Å². The minimum absolute atomic E-state index is 0.490. The molecule has 0 unspecified atom stereocenters. The molecule has 0 atom stereocenters. The predicted molar refractivity (Wildman–Crippen MR) is 100 cm³/mol. The molecule has 1 N–H and O–H groups in total. The third-order valence-corrected chi connectivity index (χ3v) is 4.92. The quantitative estimate of drug-likeness (QED) is 0.818. The molecule has 24 heavy (non-hydrogen) atoms. The van der Waals surface area contributed by atoms with Gasteiger partial charge in [0.25, 0.3) is 0 Å². The smallest absolute Gasteiger partial charge is 0.130 e. The van der Waals surface area contributed by atoms with Gasteiger partial charge in [0.15, 0.2) is 0 Å². The summed E-state index contributed by atoms with van der Waals surface area (Å²) < 4.78 is 7.08. The largest absolute Gasteiger partial charge is 0.487 e. The molecule has 0 amide bonds. The zero-order valence-corrected chi connectivity index (χ0v) is 15.6. The van der Waals surface area contributed by atoms with Crippen molar-refractivity contribution >= 4 is 15.9 Å². The number of hydrogen-bond donors (Lipinski definition) is 1. The van der Waals surface area contributed by atoms with Crippen LogP contribution in [0.2, 0.25) is 0 Å². The number of ether oxygens (including phenoxy) is 1. The average molecular weight is 390 g/mol. The molecule has 1 aromatic heterocycles. The van der Waals surface area contributed by atoms with Crippen molar-refractivity contribution in [2.24, 2.45) is 0 Å². The molecule has 1 aliphatic heterocycles. The number of nitrogens with zero attached hydrogens (tertiary/aromatic N) is 2. The highest BCUT2D eigenvalue weighted by atomic mass is 79.9. The van der Waals surface area contributed by atoms with E-state index in [0.717, 1.165) is 22.5 Å². The first-order chi connectivity index (χ1) is 11.7. The van der Waals surface area contributed by atoms with Gasteiger partial charge in [-0.1, -0.05) is 22.0 Å². The highest BCUT2D eigenvalue weighted by Gasteiger charge is 2.16. The van der Waals surface area contributed by atoms with Gasteiger partial charge >= 0.3 is 0 Å². The lowest BCUT2D eigenvalue weighted by Gasteiger charge is -2.29. The molecule has 3 rings (SSSR count). The van der Waals surface area contributed by atoms with E-state index in [2.05, 4.69) is 44.2 Å². The first kappa shape index (κ1) is 17.4. The summed E-state index contributed by atoms with van der Waals surface area (Å²) >= 11 is 3.56. The van der Waals surface area contributed by atoms with E-state index in [1.807, 2.05) is 30.3 Å². The second-order valence-corrected chi connectivity index (χ2v) is 7.24. The minimum atomic E-state index is 0.490. The highest BCUT2D eigenvalue weighted by molar-refractivity contribution is 9.10. The van der Waals surface area contributed by atoms with Gasteiger partial charge in [0.05, 0.1) is 5.69 Å². The van der Waals surface area contributed by atoms with Crippen molar-refractivity contribution in [3.8, 4) is 5.75 Å². The third-order valence-electron chi connectivity index (χ3n) is 4.42. The van der Waals surface area contributed by atoms with Crippen LogP contribution in [0.3, 0.4) is 0 Å². The predicted octanol–water partition coefficient (Wildman–Crippen LogP) is 3.61. The Labute approximate surface area is 152 Å². The molecule has 1 aromatic carbocycles. The lowest BCUT2D eigenvalue weighted by atomic mass is 10.0. The lowest BCUT2D eigenvalue weighted by molar-refractivity contribution is 0.233. The molecule has 0 aliphatic carbocycles. The Kier molecular flexibility index (Phi) is 6.24.